The minimum atomic E-state index is -0.145. The van der Waals surface area contributed by atoms with Gasteiger partial charge in [-0.05, 0) is 17.7 Å². The molecule has 0 aliphatic carbocycles. The molecule has 0 unspecified atom stereocenters. The minimum Gasteiger partial charge on any atom is -0.508 e. The SMILES string of the molecule is O=c1[nH]cncc1Cc1cccc(O)c1. The van der Waals surface area contributed by atoms with Crippen molar-refractivity contribution in [3.63, 3.8) is 0 Å². The van der Waals surface area contributed by atoms with Gasteiger partial charge in [-0.15, -0.1) is 0 Å². The predicted molar refractivity (Wildman–Crippen MR) is 55.8 cm³/mol. The van der Waals surface area contributed by atoms with Gasteiger partial charge in [0.25, 0.3) is 5.56 Å². The van der Waals surface area contributed by atoms with E-state index >= 15 is 0 Å². The molecule has 15 heavy (non-hydrogen) atoms. The van der Waals surface area contributed by atoms with Gasteiger partial charge >= 0.3 is 0 Å². The highest BCUT2D eigenvalue weighted by Gasteiger charge is 2.01. The molecule has 4 heteroatoms. The Bertz CT molecular complexity index is 520. The Morgan fingerprint density at radius 1 is 1.40 bits per heavy atom. The summed E-state index contributed by atoms with van der Waals surface area (Å²) in [6, 6.07) is 6.82. The van der Waals surface area contributed by atoms with E-state index in [1.165, 1.54) is 12.5 Å². The van der Waals surface area contributed by atoms with Crippen LogP contribution in [0.1, 0.15) is 11.1 Å². The predicted octanol–water partition coefficient (Wildman–Crippen LogP) is 1.07. The van der Waals surface area contributed by atoms with E-state index in [2.05, 4.69) is 9.97 Å². The number of phenolic OH excluding ortho intramolecular Hbond substituents is 1. The molecule has 0 fully saturated rings. The second kappa shape index (κ2) is 3.96. The fourth-order valence-electron chi connectivity index (χ4n) is 1.39. The summed E-state index contributed by atoms with van der Waals surface area (Å²) in [7, 11) is 0. The fraction of sp³-hybridized carbons (Fsp3) is 0.0909. The number of phenols is 1. The summed E-state index contributed by atoms with van der Waals surface area (Å²) in [5, 5.41) is 9.26. The average molecular weight is 202 g/mol. The van der Waals surface area contributed by atoms with Gasteiger partial charge in [-0.2, -0.15) is 0 Å². The molecule has 4 nitrogen and oxygen atoms in total. The number of hydrogen-bond donors (Lipinski definition) is 2. The molecule has 0 bridgehead atoms. The zero-order chi connectivity index (χ0) is 10.7. The van der Waals surface area contributed by atoms with E-state index < -0.39 is 0 Å². The molecule has 2 aromatic rings. The maximum atomic E-state index is 11.4. The number of hydrogen-bond acceptors (Lipinski definition) is 3. The summed E-state index contributed by atoms with van der Waals surface area (Å²) in [6.45, 7) is 0. The van der Waals surface area contributed by atoms with E-state index in [1.54, 1.807) is 18.2 Å². The molecule has 1 heterocycles. The molecule has 2 N–H and O–H groups in total. The number of aromatic amines is 1. The van der Waals surface area contributed by atoms with E-state index in [4.69, 9.17) is 0 Å². The van der Waals surface area contributed by atoms with Crippen LogP contribution in [0.4, 0.5) is 0 Å². The van der Waals surface area contributed by atoms with Gasteiger partial charge in [0.1, 0.15) is 5.75 Å². The summed E-state index contributed by atoms with van der Waals surface area (Å²) < 4.78 is 0. The van der Waals surface area contributed by atoms with Gasteiger partial charge in [0, 0.05) is 18.2 Å². The van der Waals surface area contributed by atoms with Gasteiger partial charge in [0.15, 0.2) is 0 Å². The molecule has 0 saturated heterocycles. The summed E-state index contributed by atoms with van der Waals surface area (Å²) >= 11 is 0. The quantitative estimate of drug-likeness (QED) is 0.765. The molecule has 0 atom stereocenters. The molecule has 1 aromatic heterocycles. The van der Waals surface area contributed by atoms with Crippen molar-refractivity contribution in [3.8, 4) is 5.75 Å². The molecule has 0 radical (unpaired) electrons. The monoisotopic (exact) mass is 202 g/mol. The van der Waals surface area contributed by atoms with Crippen LogP contribution in [0, 0.1) is 0 Å². The van der Waals surface area contributed by atoms with Crippen molar-refractivity contribution in [1.82, 2.24) is 9.97 Å². The van der Waals surface area contributed by atoms with E-state index in [9.17, 15) is 9.90 Å². The van der Waals surface area contributed by atoms with Gasteiger partial charge in [-0.1, -0.05) is 12.1 Å². The molecule has 0 spiro atoms. The topological polar surface area (TPSA) is 66.0 Å². The number of aromatic hydroxyl groups is 1. The van der Waals surface area contributed by atoms with Crippen LogP contribution >= 0.6 is 0 Å². The summed E-state index contributed by atoms with van der Waals surface area (Å²) in [5.74, 6) is 0.202. The second-order valence-corrected chi connectivity index (χ2v) is 3.25. The van der Waals surface area contributed by atoms with Crippen LogP contribution < -0.4 is 5.56 Å². The standard InChI is InChI=1S/C11H10N2O2/c14-10-3-1-2-8(5-10)4-9-6-12-7-13-11(9)15/h1-3,5-7,14H,4H2,(H,12,13,15). The summed E-state index contributed by atoms with van der Waals surface area (Å²) in [4.78, 5) is 17.7. The van der Waals surface area contributed by atoms with Crippen molar-refractivity contribution in [2.45, 2.75) is 6.42 Å². The van der Waals surface area contributed by atoms with Crippen molar-refractivity contribution in [1.29, 1.82) is 0 Å². The minimum absolute atomic E-state index is 0.145. The third-order valence-electron chi connectivity index (χ3n) is 2.10. The molecule has 76 valence electrons. The molecule has 0 aliphatic heterocycles. The molecule has 0 saturated carbocycles. The van der Waals surface area contributed by atoms with Gasteiger partial charge in [-0.25, -0.2) is 4.98 Å². The zero-order valence-corrected chi connectivity index (χ0v) is 7.97. The van der Waals surface area contributed by atoms with Gasteiger partial charge in [-0.3, -0.25) is 4.79 Å². The summed E-state index contributed by atoms with van der Waals surface area (Å²) in [6.07, 6.45) is 3.36. The van der Waals surface area contributed by atoms with Crippen molar-refractivity contribution in [2.75, 3.05) is 0 Å². The van der Waals surface area contributed by atoms with E-state index in [-0.39, 0.29) is 11.3 Å². The Morgan fingerprint density at radius 3 is 3.00 bits per heavy atom. The van der Waals surface area contributed by atoms with Crippen LogP contribution in [0.2, 0.25) is 0 Å². The normalized spacial score (nSPS) is 10.1. The maximum Gasteiger partial charge on any atom is 0.254 e. The molecule has 0 amide bonds. The first-order valence-electron chi connectivity index (χ1n) is 4.55. The Hall–Kier alpha value is -2.10. The number of H-pyrrole nitrogens is 1. The van der Waals surface area contributed by atoms with Crippen molar-refractivity contribution < 1.29 is 5.11 Å². The smallest absolute Gasteiger partial charge is 0.254 e. The van der Waals surface area contributed by atoms with Crippen LogP contribution in [0.5, 0.6) is 5.75 Å². The number of nitrogens with one attached hydrogen (secondary N) is 1. The van der Waals surface area contributed by atoms with Gasteiger partial charge < -0.3 is 10.1 Å². The third kappa shape index (κ3) is 2.22. The molecule has 2 rings (SSSR count). The third-order valence-corrected chi connectivity index (χ3v) is 2.10. The summed E-state index contributed by atoms with van der Waals surface area (Å²) in [5.41, 5.74) is 1.32. The highest BCUT2D eigenvalue weighted by molar-refractivity contribution is 5.30. The van der Waals surface area contributed by atoms with Crippen LogP contribution in [0.3, 0.4) is 0 Å². The van der Waals surface area contributed by atoms with Crippen LogP contribution in [0.25, 0.3) is 0 Å². The molecule has 1 aromatic carbocycles. The fourth-order valence-corrected chi connectivity index (χ4v) is 1.39. The van der Waals surface area contributed by atoms with Crippen molar-refractivity contribution >= 4 is 0 Å². The van der Waals surface area contributed by atoms with Crippen LogP contribution in [0.15, 0.2) is 41.6 Å². The number of aromatic nitrogens is 2. The first-order chi connectivity index (χ1) is 7.25. The Balaban J connectivity index is 2.30. The second-order valence-electron chi connectivity index (χ2n) is 3.25. The lowest BCUT2D eigenvalue weighted by Crippen LogP contribution is -2.12. The lowest BCUT2D eigenvalue weighted by Gasteiger charge is -2.00. The largest absolute Gasteiger partial charge is 0.508 e. The Kier molecular flexibility index (Phi) is 2.49. The average Bonchev–Trinajstić information content (AvgIpc) is 2.22. The van der Waals surface area contributed by atoms with Crippen LogP contribution in [-0.4, -0.2) is 15.1 Å². The molecule has 0 aliphatic rings. The van der Waals surface area contributed by atoms with Gasteiger partial charge in [0.2, 0.25) is 0 Å². The lowest BCUT2D eigenvalue weighted by atomic mass is 10.1. The van der Waals surface area contributed by atoms with E-state index in [0.29, 0.717) is 12.0 Å². The first-order valence-corrected chi connectivity index (χ1v) is 4.55. The zero-order valence-electron chi connectivity index (χ0n) is 7.97. The van der Waals surface area contributed by atoms with E-state index in [1.807, 2.05) is 6.07 Å². The van der Waals surface area contributed by atoms with Crippen LogP contribution in [-0.2, 0) is 6.42 Å². The highest BCUT2D eigenvalue weighted by atomic mass is 16.3. The lowest BCUT2D eigenvalue weighted by molar-refractivity contribution is 0.474. The van der Waals surface area contributed by atoms with Crippen molar-refractivity contribution in [3.05, 3.63) is 58.3 Å². The number of benzene rings is 1. The Labute approximate surface area is 86.2 Å². The number of rotatable bonds is 2. The first kappa shape index (κ1) is 9.45. The highest BCUT2D eigenvalue weighted by Crippen LogP contribution is 2.12. The van der Waals surface area contributed by atoms with Gasteiger partial charge in [0.05, 0.1) is 6.33 Å². The number of nitrogens with zero attached hydrogens (tertiary/aromatic N) is 1. The Morgan fingerprint density at radius 2 is 2.27 bits per heavy atom. The molecular weight excluding hydrogens is 192 g/mol. The molecular formula is C11H10N2O2. The van der Waals surface area contributed by atoms with E-state index in [0.717, 1.165) is 5.56 Å². The van der Waals surface area contributed by atoms with Crippen molar-refractivity contribution in [2.24, 2.45) is 0 Å². The maximum absolute atomic E-state index is 11.4.